The Hall–Kier alpha value is -0.290. The monoisotopic (exact) mass is 197 g/mol. The van der Waals surface area contributed by atoms with Gasteiger partial charge in [-0.15, -0.1) is 0 Å². The van der Waals surface area contributed by atoms with E-state index in [0.29, 0.717) is 12.6 Å². The summed E-state index contributed by atoms with van der Waals surface area (Å²) in [5.41, 5.74) is 0. The Balaban J connectivity index is 1.99. The molecule has 0 radical (unpaired) electrons. The Morgan fingerprint density at radius 2 is 2.08 bits per heavy atom. The molecule has 0 bridgehead atoms. The van der Waals surface area contributed by atoms with Gasteiger partial charge >= 0.3 is 6.18 Å². The minimum absolute atomic E-state index is 0.373. The summed E-state index contributed by atoms with van der Waals surface area (Å²) in [6.45, 7) is 0.988. The van der Waals surface area contributed by atoms with Crippen molar-refractivity contribution in [3.05, 3.63) is 0 Å². The fraction of sp³-hybridized carbons (Fsp3) is 1.00. The Labute approximate surface area is 75.4 Å². The van der Waals surface area contributed by atoms with Crippen LogP contribution in [0.3, 0.4) is 0 Å². The van der Waals surface area contributed by atoms with Crippen LogP contribution in [0.4, 0.5) is 13.2 Å². The van der Waals surface area contributed by atoms with Crippen LogP contribution in [0.15, 0.2) is 0 Å². The minimum Gasteiger partial charge on any atom is -0.368 e. The van der Waals surface area contributed by atoms with E-state index in [1.807, 2.05) is 0 Å². The molecular formula is C8H14F3NO. The summed E-state index contributed by atoms with van der Waals surface area (Å²) in [5, 5.41) is 3.10. The Morgan fingerprint density at radius 1 is 1.46 bits per heavy atom. The molecule has 0 amide bonds. The molecule has 1 aliphatic rings. The molecule has 1 aliphatic carbocycles. The van der Waals surface area contributed by atoms with Gasteiger partial charge in [0.2, 0.25) is 0 Å². The lowest BCUT2D eigenvalue weighted by molar-refractivity contribution is -0.183. The van der Waals surface area contributed by atoms with E-state index in [4.69, 9.17) is 0 Å². The van der Waals surface area contributed by atoms with Crippen LogP contribution in [0.1, 0.15) is 19.8 Å². The highest BCUT2D eigenvalue weighted by atomic mass is 19.4. The standard InChI is InChI=1S/C8H14F3NO/c1-6(4-12-7-2-3-7)13-5-8(9,10)11/h6-7,12H,2-5H2,1H3. The molecule has 2 nitrogen and oxygen atoms in total. The summed E-state index contributed by atoms with van der Waals surface area (Å²) in [7, 11) is 0. The Kier molecular flexibility index (Phi) is 3.55. The molecule has 0 aliphatic heterocycles. The van der Waals surface area contributed by atoms with Gasteiger partial charge in [-0.05, 0) is 19.8 Å². The van der Waals surface area contributed by atoms with Gasteiger partial charge < -0.3 is 10.1 Å². The van der Waals surface area contributed by atoms with Gasteiger partial charge in [0.15, 0.2) is 0 Å². The first-order chi connectivity index (χ1) is 5.97. The SMILES string of the molecule is CC(CNC1CC1)OCC(F)(F)F. The first kappa shape index (κ1) is 10.8. The van der Waals surface area contributed by atoms with Crippen molar-refractivity contribution in [2.45, 2.75) is 38.1 Å². The van der Waals surface area contributed by atoms with Gasteiger partial charge in [0.05, 0.1) is 6.10 Å². The normalized spacial score (nSPS) is 20.3. The molecule has 0 aromatic carbocycles. The maximum atomic E-state index is 11.7. The molecular weight excluding hydrogens is 183 g/mol. The van der Waals surface area contributed by atoms with Crippen molar-refractivity contribution in [1.29, 1.82) is 0 Å². The molecule has 1 saturated carbocycles. The van der Waals surface area contributed by atoms with Crippen LogP contribution in [-0.2, 0) is 4.74 Å². The van der Waals surface area contributed by atoms with Crippen molar-refractivity contribution in [3.8, 4) is 0 Å². The maximum Gasteiger partial charge on any atom is 0.411 e. The van der Waals surface area contributed by atoms with Crippen molar-refractivity contribution in [2.24, 2.45) is 0 Å². The van der Waals surface area contributed by atoms with Crippen LogP contribution >= 0.6 is 0 Å². The summed E-state index contributed by atoms with van der Waals surface area (Å²) in [6, 6.07) is 0.511. The van der Waals surface area contributed by atoms with Crippen molar-refractivity contribution in [1.82, 2.24) is 5.32 Å². The molecule has 0 spiro atoms. The van der Waals surface area contributed by atoms with E-state index >= 15 is 0 Å². The summed E-state index contributed by atoms with van der Waals surface area (Å²) in [5.74, 6) is 0. The minimum atomic E-state index is -4.21. The summed E-state index contributed by atoms with van der Waals surface area (Å²) >= 11 is 0. The lowest BCUT2D eigenvalue weighted by Crippen LogP contribution is -2.31. The van der Waals surface area contributed by atoms with E-state index < -0.39 is 12.8 Å². The van der Waals surface area contributed by atoms with Crippen molar-refractivity contribution in [3.63, 3.8) is 0 Å². The molecule has 78 valence electrons. The number of halogens is 3. The third kappa shape index (κ3) is 5.87. The second-order valence-corrected chi connectivity index (χ2v) is 3.42. The molecule has 0 heterocycles. The number of alkyl halides is 3. The third-order valence-corrected chi connectivity index (χ3v) is 1.80. The topological polar surface area (TPSA) is 21.3 Å². The lowest BCUT2D eigenvalue weighted by atomic mass is 10.4. The van der Waals surface area contributed by atoms with Gasteiger partial charge in [0, 0.05) is 12.6 Å². The van der Waals surface area contributed by atoms with E-state index in [9.17, 15) is 13.2 Å². The smallest absolute Gasteiger partial charge is 0.368 e. The van der Waals surface area contributed by atoms with Gasteiger partial charge in [-0.1, -0.05) is 0 Å². The Morgan fingerprint density at radius 3 is 2.54 bits per heavy atom. The molecule has 0 aromatic heterocycles. The van der Waals surface area contributed by atoms with Crippen LogP contribution < -0.4 is 5.32 Å². The predicted molar refractivity (Wildman–Crippen MR) is 42.5 cm³/mol. The number of ether oxygens (including phenoxy) is 1. The molecule has 0 aromatic rings. The van der Waals surface area contributed by atoms with Crippen LogP contribution in [0, 0.1) is 0 Å². The fourth-order valence-electron chi connectivity index (χ4n) is 0.916. The molecule has 1 fully saturated rings. The zero-order valence-corrected chi connectivity index (χ0v) is 7.53. The quantitative estimate of drug-likeness (QED) is 0.724. The molecule has 13 heavy (non-hydrogen) atoms. The largest absolute Gasteiger partial charge is 0.411 e. The number of nitrogens with one attached hydrogen (secondary N) is 1. The van der Waals surface area contributed by atoms with E-state index in [-0.39, 0.29) is 6.10 Å². The number of rotatable bonds is 5. The van der Waals surface area contributed by atoms with Gasteiger partial charge in [0.1, 0.15) is 6.61 Å². The highest BCUT2D eigenvalue weighted by Crippen LogP contribution is 2.19. The van der Waals surface area contributed by atoms with Crippen LogP contribution in [0.25, 0.3) is 0 Å². The van der Waals surface area contributed by atoms with Crippen molar-refractivity contribution < 1.29 is 17.9 Å². The highest BCUT2D eigenvalue weighted by molar-refractivity contribution is 4.81. The van der Waals surface area contributed by atoms with Gasteiger partial charge in [-0.3, -0.25) is 0 Å². The third-order valence-electron chi connectivity index (χ3n) is 1.80. The fourth-order valence-corrected chi connectivity index (χ4v) is 0.916. The van der Waals surface area contributed by atoms with Crippen LogP contribution in [0.5, 0.6) is 0 Å². The average Bonchev–Trinajstić information content (AvgIpc) is 2.78. The first-order valence-electron chi connectivity index (χ1n) is 4.39. The average molecular weight is 197 g/mol. The van der Waals surface area contributed by atoms with Crippen molar-refractivity contribution >= 4 is 0 Å². The summed E-state index contributed by atoms with van der Waals surface area (Å²) < 4.78 is 39.6. The number of hydrogen-bond acceptors (Lipinski definition) is 2. The summed E-state index contributed by atoms with van der Waals surface area (Å²) in [4.78, 5) is 0. The Bertz CT molecular complexity index is 156. The van der Waals surface area contributed by atoms with Gasteiger partial charge in [0.25, 0.3) is 0 Å². The number of hydrogen-bond donors (Lipinski definition) is 1. The molecule has 1 rings (SSSR count). The van der Waals surface area contributed by atoms with Gasteiger partial charge in [-0.25, -0.2) is 0 Å². The van der Waals surface area contributed by atoms with E-state index in [1.54, 1.807) is 6.92 Å². The molecule has 1 atom stereocenters. The van der Waals surface area contributed by atoms with E-state index in [2.05, 4.69) is 10.1 Å². The van der Waals surface area contributed by atoms with Gasteiger partial charge in [-0.2, -0.15) is 13.2 Å². The lowest BCUT2D eigenvalue weighted by Gasteiger charge is -2.14. The van der Waals surface area contributed by atoms with Crippen LogP contribution in [-0.4, -0.2) is 31.5 Å². The molecule has 1 unspecified atom stereocenters. The molecule has 1 N–H and O–H groups in total. The maximum absolute atomic E-state index is 11.7. The first-order valence-corrected chi connectivity index (χ1v) is 4.39. The van der Waals surface area contributed by atoms with Crippen LogP contribution in [0.2, 0.25) is 0 Å². The second kappa shape index (κ2) is 4.28. The predicted octanol–water partition coefficient (Wildman–Crippen LogP) is 1.71. The highest BCUT2D eigenvalue weighted by Gasteiger charge is 2.29. The van der Waals surface area contributed by atoms with E-state index in [1.165, 1.54) is 0 Å². The zero-order chi connectivity index (χ0) is 9.90. The second-order valence-electron chi connectivity index (χ2n) is 3.42. The van der Waals surface area contributed by atoms with Crippen molar-refractivity contribution in [2.75, 3.05) is 13.2 Å². The zero-order valence-electron chi connectivity index (χ0n) is 7.53. The molecule has 0 saturated heterocycles. The summed E-state index contributed by atoms with van der Waals surface area (Å²) in [6.07, 6.45) is -2.33. The van der Waals surface area contributed by atoms with E-state index in [0.717, 1.165) is 12.8 Å². The molecule has 5 heteroatoms.